The molecule has 0 unspecified atom stereocenters. The van der Waals surface area contributed by atoms with Gasteiger partial charge in [0, 0.05) is 9.99 Å². The number of aromatic nitrogens is 1. The number of nitrogen functional groups attached to an aromatic ring is 1. The minimum absolute atomic E-state index is 0.0625. The Kier molecular flexibility index (Phi) is 4.84. The van der Waals surface area contributed by atoms with Crippen molar-refractivity contribution in [1.29, 1.82) is 10.5 Å². The van der Waals surface area contributed by atoms with Crippen LogP contribution in [-0.4, -0.2) is 9.50 Å². The van der Waals surface area contributed by atoms with Crippen molar-refractivity contribution in [3.8, 4) is 23.3 Å². The number of aromatic amines is 1. The van der Waals surface area contributed by atoms with Gasteiger partial charge in [0.2, 0.25) is 0 Å². The molecule has 0 radical (unpaired) electrons. The zero-order valence-electron chi connectivity index (χ0n) is 11.0. The van der Waals surface area contributed by atoms with Gasteiger partial charge < -0.3 is 10.7 Å². The highest BCUT2D eigenvalue weighted by molar-refractivity contribution is 14.2. The van der Waals surface area contributed by atoms with Gasteiger partial charge in [0.05, 0.1) is 5.56 Å². The van der Waals surface area contributed by atoms with Crippen molar-refractivity contribution in [3.05, 3.63) is 45.6 Å². The van der Waals surface area contributed by atoms with Gasteiger partial charge in [0.25, 0.3) is 0 Å². The standard InChI is InChI=1S/C15H11IN4S/c1-16-6-9-2-4-10(5-3-9)13-11(7-17)14(19)20-15(21)12(13)8-18/h2-5H,1,6H2,(H3,19,20,21). The minimum atomic E-state index is -0.0625. The van der Waals surface area contributed by atoms with Gasteiger partial charge in [-0.1, -0.05) is 41.0 Å². The highest BCUT2D eigenvalue weighted by atomic mass is 127. The fraction of sp³-hybridized carbons (Fsp3) is 0.0667. The van der Waals surface area contributed by atoms with Crippen LogP contribution < -0.4 is 5.73 Å². The lowest BCUT2D eigenvalue weighted by Crippen LogP contribution is -2.01. The average molecular weight is 406 g/mol. The Morgan fingerprint density at radius 1 is 1.19 bits per heavy atom. The van der Waals surface area contributed by atoms with Gasteiger partial charge in [0.1, 0.15) is 28.2 Å². The van der Waals surface area contributed by atoms with E-state index in [0.29, 0.717) is 5.56 Å². The molecule has 1 aromatic heterocycles. The predicted molar refractivity (Wildman–Crippen MR) is 95.8 cm³/mol. The van der Waals surface area contributed by atoms with Crippen LogP contribution in [0.15, 0.2) is 24.3 Å². The third kappa shape index (κ3) is 3.02. The van der Waals surface area contributed by atoms with E-state index in [9.17, 15) is 10.5 Å². The van der Waals surface area contributed by atoms with E-state index in [1.54, 1.807) is 0 Å². The molecule has 0 atom stereocenters. The number of rotatable bonds is 3. The number of anilines is 1. The monoisotopic (exact) mass is 406 g/mol. The maximum absolute atomic E-state index is 9.32. The number of nitrogens with zero attached hydrogens (tertiary/aromatic N) is 2. The summed E-state index contributed by atoms with van der Waals surface area (Å²) in [4.78, 5) is 2.69. The zero-order chi connectivity index (χ0) is 15.4. The third-order valence-corrected chi connectivity index (χ3v) is 4.69. The molecule has 0 bridgehead atoms. The van der Waals surface area contributed by atoms with Crippen LogP contribution in [0.4, 0.5) is 5.82 Å². The average Bonchev–Trinajstić information content (AvgIpc) is 2.48. The van der Waals surface area contributed by atoms with Crippen molar-refractivity contribution in [1.82, 2.24) is 4.98 Å². The molecule has 0 spiro atoms. The Morgan fingerprint density at radius 2 is 1.81 bits per heavy atom. The molecule has 0 fully saturated rings. The van der Waals surface area contributed by atoms with Crippen LogP contribution in [0.1, 0.15) is 16.7 Å². The van der Waals surface area contributed by atoms with Crippen LogP contribution in [0.2, 0.25) is 0 Å². The Hall–Kier alpha value is -2.03. The van der Waals surface area contributed by atoms with E-state index in [1.165, 1.54) is 5.56 Å². The van der Waals surface area contributed by atoms with E-state index in [1.807, 2.05) is 30.3 Å². The molecule has 2 rings (SSSR count). The summed E-state index contributed by atoms with van der Waals surface area (Å²) in [6, 6.07) is 11.9. The molecule has 0 saturated heterocycles. The molecular weight excluding hydrogens is 395 g/mol. The molecule has 3 N–H and O–H groups in total. The third-order valence-electron chi connectivity index (χ3n) is 2.96. The van der Waals surface area contributed by atoms with Crippen molar-refractivity contribution in [2.24, 2.45) is 0 Å². The number of halogens is 1. The molecule has 104 valence electrons. The molecule has 1 aromatic carbocycles. The minimum Gasteiger partial charge on any atom is -0.384 e. The largest absolute Gasteiger partial charge is 0.384 e. The van der Waals surface area contributed by atoms with Crippen LogP contribution in [-0.2, 0) is 4.43 Å². The number of pyridine rings is 1. The molecule has 2 aromatic rings. The van der Waals surface area contributed by atoms with Gasteiger partial charge in [-0.15, -0.1) is 20.7 Å². The van der Waals surface area contributed by atoms with E-state index >= 15 is 0 Å². The molecule has 6 heteroatoms. The van der Waals surface area contributed by atoms with E-state index in [-0.39, 0.29) is 42.3 Å². The summed E-state index contributed by atoms with van der Waals surface area (Å²) in [5.74, 6) is 0.184. The SMILES string of the molecule is C=ICc1ccc(-c2c(C#N)c(N)[nH]c(=S)c2C#N)cc1. The normalized spacial score (nSPS) is 9.81. The fourth-order valence-corrected chi connectivity index (χ4v) is 3.39. The number of H-pyrrole nitrogens is 1. The van der Waals surface area contributed by atoms with Crippen molar-refractivity contribution in [3.63, 3.8) is 0 Å². The highest BCUT2D eigenvalue weighted by Crippen LogP contribution is 2.30. The summed E-state index contributed by atoms with van der Waals surface area (Å²) in [7, 11) is 0. The summed E-state index contributed by atoms with van der Waals surface area (Å²) < 4.78 is 5.17. The summed E-state index contributed by atoms with van der Waals surface area (Å²) >= 11 is 5.07. The lowest BCUT2D eigenvalue weighted by Gasteiger charge is -2.10. The summed E-state index contributed by atoms with van der Waals surface area (Å²) in [5, 5.41) is 18.6. The first-order valence-corrected chi connectivity index (χ1v) is 9.36. The van der Waals surface area contributed by atoms with E-state index in [2.05, 4.69) is 15.6 Å². The van der Waals surface area contributed by atoms with Crippen LogP contribution in [0.5, 0.6) is 0 Å². The van der Waals surface area contributed by atoms with Gasteiger partial charge in [0.15, 0.2) is 0 Å². The first-order valence-electron chi connectivity index (χ1n) is 5.90. The van der Waals surface area contributed by atoms with E-state index in [4.69, 9.17) is 18.0 Å². The number of nitrogens with two attached hydrogens (primary N) is 1. The number of nitriles is 2. The number of hydrogen-bond donors (Lipinski definition) is 2. The van der Waals surface area contributed by atoms with Crippen molar-refractivity contribution in [2.45, 2.75) is 4.43 Å². The summed E-state index contributed by atoms with van der Waals surface area (Å²) in [6.07, 6.45) is 0. The first kappa shape index (κ1) is 15.4. The number of benzene rings is 1. The van der Waals surface area contributed by atoms with Gasteiger partial charge in [-0.05, 0) is 11.1 Å². The Bertz CT molecular complexity index is 838. The highest BCUT2D eigenvalue weighted by Gasteiger charge is 2.16. The van der Waals surface area contributed by atoms with Gasteiger partial charge in [-0.3, -0.25) is 0 Å². The predicted octanol–water partition coefficient (Wildman–Crippen LogP) is 3.64. The van der Waals surface area contributed by atoms with Gasteiger partial charge in [-0.2, -0.15) is 10.5 Å². The topological polar surface area (TPSA) is 89.4 Å². The van der Waals surface area contributed by atoms with Crippen LogP contribution >= 0.6 is 32.9 Å². The molecule has 21 heavy (non-hydrogen) atoms. The molecule has 0 amide bonds. The number of hydrogen-bond acceptors (Lipinski definition) is 4. The molecule has 0 saturated carbocycles. The van der Waals surface area contributed by atoms with Crippen LogP contribution in [0.3, 0.4) is 0 Å². The molecular formula is C15H11IN4S. The maximum atomic E-state index is 9.32. The Morgan fingerprint density at radius 3 is 2.33 bits per heavy atom. The van der Waals surface area contributed by atoms with Crippen LogP contribution in [0, 0.1) is 27.3 Å². The Labute approximate surface area is 137 Å². The molecule has 0 aliphatic rings. The van der Waals surface area contributed by atoms with Gasteiger partial charge in [-0.25, -0.2) is 0 Å². The number of alkyl halides is 1. The van der Waals surface area contributed by atoms with E-state index < -0.39 is 0 Å². The fourth-order valence-electron chi connectivity index (χ4n) is 2.00. The second-order valence-electron chi connectivity index (χ2n) is 4.24. The lowest BCUT2D eigenvalue weighted by molar-refractivity contribution is 1.26. The Balaban J connectivity index is 2.73. The maximum Gasteiger partial charge on any atom is 0.123 e. The quantitative estimate of drug-likeness (QED) is 0.463. The summed E-state index contributed by atoms with van der Waals surface area (Å²) in [6.45, 7) is 0. The molecule has 0 aliphatic carbocycles. The lowest BCUT2D eigenvalue weighted by atomic mass is 9.96. The second kappa shape index (κ2) is 6.61. The van der Waals surface area contributed by atoms with Crippen LogP contribution in [0.25, 0.3) is 11.1 Å². The molecule has 4 nitrogen and oxygen atoms in total. The van der Waals surface area contributed by atoms with Crippen molar-refractivity contribution < 1.29 is 0 Å². The van der Waals surface area contributed by atoms with E-state index in [0.717, 1.165) is 9.99 Å². The second-order valence-corrected chi connectivity index (χ2v) is 6.49. The summed E-state index contributed by atoms with van der Waals surface area (Å²) in [5.41, 5.74) is 8.80. The van der Waals surface area contributed by atoms with Crippen molar-refractivity contribution in [2.75, 3.05) is 5.73 Å². The van der Waals surface area contributed by atoms with Gasteiger partial charge >= 0.3 is 0 Å². The first-order chi connectivity index (χ1) is 10.1. The zero-order valence-corrected chi connectivity index (χ0v) is 14.0. The smallest absolute Gasteiger partial charge is 0.123 e. The van der Waals surface area contributed by atoms with Crippen molar-refractivity contribution >= 4 is 43.3 Å². The number of nitrogens with one attached hydrogen (secondary N) is 1. The molecule has 0 aliphatic heterocycles. The molecule has 1 heterocycles.